The average Bonchev–Trinajstić information content (AvgIpc) is 3.59. The highest BCUT2D eigenvalue weighted by atomic mass is 16.3. The molecule has 8 aromatic carbocycles. The molecule has 2 aromatic heterocycles. The van der Waals surface area contributed by atoms with E-state index >= 15 is 0 Å². The Morgan fingerprint density at radius 2 is 0.824 bits per heavy atom. The van der Waals surface area contributed by atoms with Crippen molar-refractivity contribution >= 4 is 43.5 Å². The number of para-hydroxylation sites is 1. The second kappa shape index (κ2) is 11.9. The van der Waals surface area contributed by atoms with Crippen molar-refractivity contribution < 1.29 is 4.42 Å². The standard InChI is InChI=1S/C47H29N3O/c1-4-17-31(18-5-1)40-35-24-12-13-25-36(35)42(43-37-26-14-15-27-39(37)51-44(40)43)41-34-23-11-10-16-30(34)28-29-38(41)47-49-45(32-19-6-2-7-20-32)48-46(50-47)33-21-8-3-9-22-33/h1-29H. The van der Waals surface area contributed by atoms with Crippen LogP contribution in [0.4, 0.5) is 0 Å². The Bertz CT molecular complexity index is 2840. The summed E-state index contributed by atoms with van der Waals surface area (Å²) in [5, 5.41) is 6.64. The number of hydrogen-bond donors (Lipinski definition) is 0. The van der Waals surface area contributed by atoms with Crippen molar-refractivity contribution in [3.8, 4) is 56.4 Å². The fourth-order valence-electron chi connectivity index (χ4n) is 7.45. The molecule has 4 nitrogen and oxygen atoms in total. The summed E-state index contributed by atoms with van der Waals surface area (Å²) < 4.78 is 6.88. The molecular weight excluding hydrogens is 623 g/mol. The van der Waals surface area contributed by atoms with Crippen LogP contribution in [-0.2, 0) is 0 Å². The molecule has 238 valence electrons. The second-order valence-corrected chi connectivity index (χ2v) is 12.7. The lowest BCUT2D eigenvalue weighted by Gasteiger charge is -2.19. The third kappa shape index (κ3) is 4.80. The molecule has 0 saturated heterocycles. The van der Waals surface area contributed by atoms with E-state index in [1.54, 1.807) is 0 Å². The Hall–Kier alpha value is -6.91. The minimum Gasteiger partial charge on any atom is -0.455 e. The van der Waals surface area contributed by atoms with Crippen LogP contribution in [-0.4, -0.2) is 15.0 Å². The maximum Gasteiger partial charge on any atom is 0.164 e. The number of hydrogen-bond acceptors (Lipinski definition) is 4. The van der Waals surface area contributed by atoms with Gasteiger partial charge in [0.05, 0.1) is 0 Å². The number of furan rings is 1. The second-order valence-electron chi connectivity index (χ2n) is 12.7. The number of fused-ring (bicyclic) bond motifs is 5. The molecule has 0 saturated carbocycles. The zero-order valence-electron chi connectivity index (χ0n) is 27.5. The van der Waals surface area contributed by atoms with Crippen molar-refractivity contribution in [1.82, 2.24) is 15.0 Å². The lowest BCUT2D eigenvalue weighted by molar-refractivity contribution is 0.670. The monoisotopic (exact) mass is 651 g/mol. The highest BCUT2D eigenvalue weighted by Gasteiger charge is 2.26. The van der Waals surface area contributed by atoms with Crippen molar-refractivity contribution in [2.45, 2.75) is 0 Å². The predicted octanol–water partition coefficient (Wildman–Crippen LogP) is 12.4. The Labute approximate surface area is 294 Å². The summed E-state index contributed by atoms with van der Waals surface area (Å²) in [5.41, 5.74) is 8.85. The van der Waals surface area contributed by atoms with E-state index in [1.165, 1.54) is 0 Å². The molecule has 0 N–H and O–H groups in total. The van der Waals surface area contributed by atoms with E-state index in [0.29, 0.717) is 17.5 Å². The molecule has 0 fully saturated rings. The largest absolute Gasteiger partial charge is 0.455 e. The normalized spacial score (nSPS) is 11.5. The van der Waals surface area contributed by atoms with E-state index in [1.807, 2.05) is 66.7 Å². The zero-order chi connectivity index (χ0) is 33.7. The van der Waals surface area contributed by atoms with E-state index in [-0.39, 0.29) is 0 Å². The first-order valence-corrected chi connectivity index (χ1v) is 17.1. The van der Waals surface area contributed by atoms with E-state index in [0.717, 1.165) is 82.4 Å². The highest BCUT2D eigenvalue weighted by Crippen LogP contribution is 2.50. The van der Waals surface area contributed by atoms with Gasteiger partial charge in [-0.1, -0.05) is 164 Å². The molecule has 0 spiro atoms. The maximum absolute atomic E-state index is 6.88. The highest BCUT2D eigenvalue weighted by molar-refractivity contribution is 6.29. The van der Waals surface area contributed by atoms with Crippen molar-refractivity contribution in [1.29, 1.82) is 0 Å². The summed E-state index contributed by atoms with van der Waals surface area (Å²) in [5.74, 6) is 1.86. The van der Waals surface area contributed by atoms with Gasteiger partial charge in [0.25, 0.3) is 0 Å². The molecule has 2 heterocycles. The minimum atomic E-state index is 0.612. The minimum absolute atomic E-state index is 0.612. The van der Waals surface area contributed by atoms with Gasteiger partial charge in [0, 0.05) is 44.2 Å². The van der Waals surface area contributed by atoms with Crippen LogP contribution in [0.15, 0.2) is 180 Å². The van der Waals surface area contributed by atoms with E-state index in [2.05, 4.69) is 109 Å². The Balaban J connectivity index is 1.38. The number of aromatic nitrogens is 3. The van der Waals surface area contributed by atoms with Crippen molar-refractivity contribution in [3.05, 3.63) is 176 Å². The van der Waals surface area contributed by atoms with Crippen molar-refractivity contribution in [3.63, 3.8) is 0 Å². The summed E-state index contributed by atoms with van der Waals surface area (Å²) in [6, 6.07) is 60.8. The van der Waals surface area contributed by atoms with E-state index < -0.39 is 0 Å². The first-order valence-electron chi connectivity index (χ1n) is 17.1. The molecular formula is C47H29N3O. The summed E-state index contributed by atoms with van der Waals surface area (Å²) in [6.07, 6.45) is 0. The van der Waals surface area contributed by atoms with Gasteiger partial charge in [0.15, 0.2) is 17.5 Å². The SMILES string of the molecule is c1ccc(-c2nc(-c3ccccc3)nc(-c3ccc4ccccc4c3-c3c4ccccc4c(-c4ccccc4)c4oc5ccccc5c34)n2)cc1. The van der Waals surface area contributed by atoms with Crippen molar-refractivity contribution in [2.75, 3.05) is 0 Å². The third-order valence-corrected chi connectivity index (χ3v) is 9.72. The molecule has 0 atom stereocenters. The fourth-order valence-corrected chi connectivity index (χ4v) is 7.45. The Morgan fingerprint density at radius 1 is 0.333 bits per heavy atom. The lowest BCUT2D eigenvalue weighted by atomic mass is 9.84. The van der Waals surface area contributed by atoms with Gasteiger partial charge in [-0.05, 0) is 39.2 Å². The molecule has 0 aliphatic rings. The summed E-state index contributed by atoms with van der Waals surface area (Å²) in [4.78, 5) is 15.4. The smallest absolute Gasteiger partial charge is 0.164 e. The lowest BCUT2D eigenvalue weighted by Crippen LogP contribution is -2.01. The maximum atomic E-state index is 6.88. The van der Waals surface area contributed by atoms with Crippen LogP contribution in [0, 0.1) is 0 Å². The molecule has 4 heteroatoms. The quantitative estimate of drug-likeness (QED) is 0.186. The average molecular weight is 652 g/mol. The summed E-state index contributed by atoms with van der Waals surface area (Å²) >= 11 is 0. The molecule has 51 heavy (non-hydrogen) atoms. The van der Waals surface area contributed by atoms with Gasteiger partial charge in [-0.2, -0.15) is 0 Å². The predicted molar refractivity (Wildman–Crippen MR) is 209 cm³/mol. The van der Waals surface area contributed by atoms with E-state index in [9.17, 15) is 0 Å². The van der Waals surface area contributed by atoms with Crippen LogP contribution in [0.25, 0.3) is 99.9 Å². The Morgan fingerprint density at radius 3 is 1.47 bits per heavy atom. The van der Waals surface area contributed by atoms with Crippen LogP contribution in [0.1, 0.15) is 0 Å². The van der Waals surface area contributed by atoms with Gasteiger partial charge < -0.3 is 4.42 Å². The van der Waals surface area contributed by atoms with Crippen LogP contribution in [0.2, 0.25) is 0 Å². The first kappa shape index (κ1) is 29.0. The number of nitrogens with zero attached hydrogens (tertiary/aromatic N) is 3. The molecule has 10 rings (SSSR count). The zero-order valence-corrected chi connectivity index (χ0v) is 27.5. The third-order valence-electron chi connectivity index (χ3n) is 9.72. The first-order chi connectivity index (χ1) is 25.3. The number of benzene rings is 8. The van der Waals surface area contributed by atoms with Crippen molar-refractivity contribution in [2.24, 2.45) is 0 Å². The topological polar surface area (TPSA) is 51.8 Å². The Kier molecular flexibility index (Phi) is 6.78. The molecule has 0 aliphatic heterocycles. The van der Waals surface area contributed by atoms with Gasteiger partial charge in [-0.25, -0.2) is 15.0 Å². The van der Waals surface area contributed by atoms with Gasteiger partial charge in [0.1, 0.15) is 11.2 Å². The fraction of sp³-hybridized carbons (Fsp3) is 0. The summed E-state index contributed by atoms with van der Waals surface area (Å²) in [6.45, 7) is 0. The summed E-state index contributed by atoms with van der Waals surface area (Å²) in [7, 11) is 0. The van der Waals surface area contributed by atoms with Crippen LogP contribution in [0.5, 0.6) is 0 Å². The van der Waals surface area contributed by atoms with Gasteiger partial charge in [0.2, 0.25) is 0 Å². The van der Waals surface area contributed by atoms with Crippen LogP contribution < -0.4 is 0 Å². The molecule has 0 bridgehead atoms. The van der Waals surface area contributed by atoms with Crippen LogP contribution in [0.3, 0.4) is 0 Å². The van der Waals surface area contributed by atoms with Gasteiger partial charge in [-0.3, -0.25) is 0 Å². The molecule has 0 radical (unpaired) electrons. The molecule has 0 amide bonds. The van der Waals surface area contributed by atoms with E-state index in [4.69, 9.17) is 19.4 Å². The molecule has 10 aromatic rings. The number of rotatable bonds is 5. The molecule has 0 aliphatic carbocycles. The van der Waals surface area contributed by atoms with Gasteiger partial charge in [-0.15, -0.1) is 0 Å². The van der Waals surface area contributed by atoms with Gasteiger partial charge >= 0.3 is 0 Å². The van der Waals surface area contributed by atoms with Crippen LogP contribution >= 0.6 is 0 Å². The molecule has 0 unspecified atom stereocenters.